The second kappa shape index (κ2) is 7.43. The number of hydrogen-bond donors (Lipinski definition) is 1. The second-order valence-electron chi connectivity index (χ2n) is 6.58. The lowest BCUT2D eigenvalue weighted by atomic mass is 9.96. The Balaban J connectivity index is 1.69. The van der Waals surface area contributed by atoms with Gasteiger partial charge in [-0.2, -0.15) is 4.31 Å². The molecule has 1 aromatic heterocycles. The first kappa shape index (κ1) is 18.3. The average Bonchev–Trinajstić information content (AvgIpc) is 3.13. The molecular formula is C16H23N3O4S2. The smallest absolute Gasteiger partial charge is 0.263 e. The van der Waals surface area contributed by atoms with Crippen LogP contribution in [0.1, 0.15) is 41.8 Å². The van der Waals surface area contributed by atoms with E-state index in [-0.39, 0.29) is 22.6 Å². The van der Waals surface area contributed by atoms with E-state index in [1.54, 1.807) is 10.3 Å². The van der Waals surface area contributed by atoms with Crippen LogP contribution in [0.15, 0.2) is 16.3 Å². The summed E-state index contributed by atoms with van der Waals surface area (Å²) >= 11 is 1.16. The van der Waals surface area contributed by atoms with Crippen LogP contribution in [0.4, 0.5) is 0 Å². The van der Waals surface area contributed by atoms with Crippen molar-refractivity contribution in [1.29, 1.82) is 0 Å². The molecule has 1 aromatic rings. The van der Waals surface area contributed by atoms with Crippen molar-refractivity contribution in [3.8, 4) is 0 Å². The molecule has 0 spiro atoms. The highest BCUT2D eigenvalue weighted by Gasteiger charge is 2.30. The van der Waals surface area contributed by atoms with Gasteiger partial charge in [0, 0.05) is 37.5 Å². The third kappa shape index (κ3) is 3.88. The predicted octanol–water partition coefficient (Wildman–Crippen LogP) is 1.26. The molecule has 3 rings (SSSR count). The van der Waals surface area contributed by atoms with E-state index in [0.717, 1.165) is 30.6 Å². The maximum Gasteiger partial charge on any atom is 0.263 e. The quantitative estimate of drug-likeness (QED) is 0.843. The van der Waals surface area contributed by atoms with Gasteiger partial charge in [-0.15, -0.1) is 11.3 Å². The molecule has 3 heterocycles. The molecule has 2 amide bonds. The van der Waals surface area contributed by atoms with Crippen LogP contribution in [-0.4, -0.2) is 55.6 Å². The molecule has 2 aliphatic heterocycles. The Hall–Kier alpha value is -1.45. The number of sulfonamides is 1. The number of nitrogens with two attached hydrogens (primary N) is 1. The van der Waals surface area contributed by atoms with E-state index in [1.165, 1.54) is 10.4 Å². The summed E-state index contributed by atoms with van der Waals surface area (Å²) < 4.78 is 26.9. The first-order valence-corrected chi connectivity index (χ1v) is 10.9. The summed E-state index contributed by atoms with van der Waals surface area (Å²) in [6.07, 6.45) is 3.94. The molecule has 7 nitrogen and oxygen atoms in total. The summed E-state index contributed by atoms with van der Waals surface area (Å²) in [5.74, 6) is -0.673. The van der Waals surface area contributed by atoms with Crippen LogP contribution >= 0.6 is 11.3 Å². The summed E-state index contributed by atoms with van der Waals surface area (Å²) in [6, 6.07) is 1.48. The molecule has 0 aromatic carbocycles. The fourth-order valence-electron chi connectivity index (χ4n) is 3.34. The maximum atomic E-state index is 12.7. The number of thiophene rings is 1. The molecule has 0 saturated carbocycles. The fourth-order valence-corrected chi connectivity index (χ4v) is 6.09. The van der Waals surface area contributed by atoms with Gasteiger partial charge in [0.05, 0.1) is 9.77 Å². The number of carbonyl (C=O) groups excluding carboxylic acids is 2. The summed E-state index contributed by atoms with van der Waals surface area (Å²) in [5.41, 5.74) is 5.31. The summed E-state index contributed by atoms with van der Waals surface area (Å²) in [6.45, 7) is 2.03. The third-order valence-corrected chi connectivity index (χ3v) is 7.87. The number of amides is 2. The van der Waals surface area contributed by atoms with E-state index in [2.05, 4.69) is 0 Å². The number of primary amides is 1. The van der Waals surface area contributed by atoms with Gasteiger partial charge in [-0.1, -0.05) is 6.42 Å². The molecule has 0 bridgehead atoms. The van der Waals surface area contributed by atoms with Crippen molar-refractivity contribution in [2.45, 2.75) is 37.0 Å². The van der Waals surface area contributed by atoms with E-state index in [4.69, 9.17) is 5.73 Å². The zero-order chi connectivity index (χ0) is 18.0. The van der Waals surface area contributed by atoms with Crippen molar-refractivity contribution in [3.05, 3.63) is 16.3 Å². The van der Waals surface area contributed by atoms with Crippen LogP contribution < -0.4 is 5.73 Å². The van der Waals surface area contributed by atoms with E-state index in [1.807, 2.05) is 0 Å². The van der Waals surface area contributed by atoms with Crippen molar-refractivity contribution in [1.82, 2.24) is 9.21 Å². The summed E-state index contributed by atoms with van der Waals surface area (Å²) in [7, 11) is -3.51. The lowest BCUT2D eigenvalue weighted by Crippen LogP contribution is -2.41. The largest absolute Gasteiger partial charge is 0.369 e. The van der Waals surface area contributed by atoms with Gasteiger partial charge in [0.15, 0.2) is 0 Å². The van der Waals surface area contributed by atoms with Crippen molar-refractivity contribution in [3.63, 3.8) is 0 Å². The van der Waals surface area contributed by atoms with E-state index in [0.29, 0.717) is 43.9 Å². The summed E-state index contributed by atoms with van der Waals surface area (Å²) in [5, 5.41) is 1.55. The van der Waals surface area contributed by atoms with Gasteiger partial charge in [0.2, 0.25) is 15.9 Å². The Kier molecular flexibility index (Phi) is 5.45. The number of nitrogens with zero attached hydrogens (tertiary/aromatic N) is 2. The Morgan fingerprint density at radius 1 is 1.08 bits per heavy atom. The molecule has 0 unspecified atom stereocenters. The monoisotopic (exact) mass is 385 g/mol. The van der Waals surface area contributed by atoms with Crippen LogP contribution in [0.3, 0.4) is 0 Å². The van der Waals surface area contributed by atoms with Crippen molar-refractivity contribution >= 4 is 33.2 Å². The molecular weight excluding hydrogens is 362 g/mol. The molecule has 2 fully saturated rings. The van der Waals surface area contributed by atoms with Crippen LogP contribution in [0.25, 0.3) is 0 Å². The third-order valence-electron chi connectivity index (χ3n) is 4.92. The van der Waals surface area contributed by atoms with Crippen LogP contribution in [0.5, 0.6) is 0 Å². The molecule has 2 saturated heterocycles. The Labute approximate surface area is 151 Å². The zero-order valence-electron chi connectivity index (χ0n) is 14.0. The van der Waals surface area contributed by atoms with E-state index >= 15 is 0 Å². The summed E-state index contributed by atoms with van der Waals surface area (Å²) in [4.78, 5) is 26.1. The molecule has 0 aliphatic carbocycles. The minimum absolute atomic E-state index is 0.173. The molecule has 9 heteroatoms. The van der Waals surface area contributed by atoms with Crippen molar-refractivity contribution in [2.75, 3.05) is 26.2 Å². The Bertz CT molecular complexity index is 745. The topological polar surface area (TPSA) is 101 Å². The lowest BCUT2D eigenvalue weighted by molar-refractivity contribution is -0.123. The number of carbonyl (C=O) groups is 2. The normalized spacial score (nSPS) is 20.6. The van der Waals surface area contributed by atoms with Crippen LogP contribution in [-0.2, 0) is 14.8 Å². The van der Waals surface area contributed by atoms with Gasteiger partial charge >= 0.3 is 0 Å². The minimum atomic E-state index is -3.51. The van der Waals surface area contributed by atoms with E-state index < -0.39 is 10.0 Å². The number of hydrogen-bond acceptors (Lipinski definition) is 5. The van der Waals surface area contributed by atoms with Gasteiger partial charge in [-0.05, 0) is 31.7 Å². The maximum absolute atomic E-state index is 12.7. The van der Waals surface area contributed by atoms with Crippen molar-refractivity contribution in [2.24, 2.45) is 11.7 Å². The molecule has 0 atom stereocenters. The Morgan fingerprint density at radius 3 is 2.32 bits per heavy atom. The van der Waals surface area contributed by atoms with Gasteiger partial charge < -0.3 is 10.6 Å². The number of rotatable bonds is 4. The second-order valence-corrected chi connectivity index (χ2v) is 9.43. The molecule has 2 aliphatic rings. The highest BCUT2D eigenvalue weighted by atomic mass is 32.2. The molecule has 2 N–H and O–H groups in total. The molecule has 25 heavy (non-hydrogen) atoms. The molecule has 0 radical (unpaired) electrons. The fraction of sp³-hybridized carbons (Fsp3) is 0.625. The first-order chi connectivity index (χ1) is 11.9. The van der Waals surface area contributed by atoms with Gasteiger partial charge in [-0.25, -0.2) is 8.42 Å². The van der Waals surface area contributed by atoms with Gasteiger partial charge in [0.1, 0.15) is 0 Å². The highest BCUT2D eigenvalue weighted by molar-refractivity contribution is 7.89. The van der Waals surface area contributed by atoms with Crippen LogP contribution in [0.2, 0.25) is 0 Å². The van der Waals surface area contributed by atoms with E-state index in [9.17, 15) is 18.0 Å². The van der Waals surface area contributed by atoms with Gasteiger partial charge in [0.25, 0.3) is 5.91 Å². The number of piperidine rings is 2. The average molecular weight is 386 g/mol. The SMILES string of the molecule is NC(=O)C1CCN(C(=O)c2cc(S(=O)(=O)N3CCCCC3)cs2)CC1. The molecule has 138 valence electrons. The Morgan fingerprint density at radius 2 is 1.72 bits per heavy atom. The van der Waals surface area contributed by atoms with Crippen molar-refractivity contribution < 1.29 is 18.0 Å². The number of likely N-dealkylation sites (tertiary alicyclic amines) is 1. The van der Waals surface area contributed by atoms with Gasteiger partial charge in [-0.3, -0.25) is 9.59 Å². The zero-order valence-corrected chi connectivity index (χ0v) is 15.7. The van der Waals surface area contributed by atoms with Crippen LogP contribution in [0, 0.1) is 5.92 Å². The first-order valence-electron chi connectivity index (χ1n) is 8.57. The predicted molar refractivity (Wildman–Crippen MR) is 94.8 cm³/mol. The lowest BCUT2D eigenvalue weighted by Gasteiger charge is -2.30. The minimum Gasteiger partial charge on any atom is -0.369 e. The highest BCUT2D eigenvalue weighted by Crippen LogP contribution is 2.27. The standard InChI is InChI=1S/C16H23N3O4S2/c17-15(20)12-4-8-18(9-5-12)16(21)14-10-13(11-24-14)25(22,23)19-6-2-1-3-7-19/h10-12H,1-9H2,(H2,17,20).